The Morgan fingerprint density at radius 2 is 1.00 bits per heavy atom. The largest absolute Gasteiger partial charge is 0.464 e. The number of esters is 1. The van der Waals surface area contributed by atoms with Crippen molar-refractivity contribution in [2.75, 3.05) is 20.3 Å². The second-order valence-electron chi connectivity index (χ2n) is 10.3. The number of hydrogen-bond acceptors (Lipinski definition) is 4. The summed E-state index contributed by atoms with van der Waals surface area (Å²) >= 11 is 0. The smallest absolute Gasteiger partial charge is 0.410 e. The molecule has 0 N–H and O–H groups in total. The summed E-state index contributed by atoms with van der Waals surface area (Å²) in [5.41, 5.74) is 0. The molecule has 0 aliphatic heterocycles. The average molecular weight is 484 g/mol. The topological polar surface area (TPSA) is 55.8 Å². The minimum absolute atomic E-state index is 0.286. The summed E-state index contributed by atoms with van der Waals surface area (Å²) in [6, 6.07) is -0.579. The van der Waals surface area contributed by atoms with Crippen molar-refractivity contribution >= 4 is 12.1 Å². The van der Waals surface area contributed by atoms with Crippen LogP contribution in [0.1, 0.15) is 143 Å². The SMILES string of the molecule is CCCCCCCCCCCCCCCOC(=O)[C@H](CC(C)C)N(C)C(=O)OCCCCCC. The Morgan fingerprint density at radius 1 is 0.618 bits per heavy atom. The molecule has 0 bridgehead atoms. The zero-order valence-electron chi connectivity index (χ0n) is 23.4. The summed E-state index contributed by atoms with van der Waals surface area (Å²) in [6.07, 6.45) is 21.2. The number of carbonyl (C=O) groups excluding carboxylic acids is 2. The second kappa shape index (κ2) is 23.5. The maximum absolute atomic E-state index is 12.7. The Kier molecular flexibility index (Phi) is 22.6. The first kappa shape index (κ1) is 32.7. The van der Waals surface area contributed by atoms with Crippen molar-refractivity contribution in [3.05, 3.63) is 0 Å². The van der Waals surface area contributed by atoms with E-state index in [1.54, 1.807) is 7.05 Å². The lowest BCUT2D eigenvalue weighted by Gasteiger charge is -2.27. The molecular formula is C29H57NO4. The average Bonchev–Trinajstić information content (AvgIpc) is 2.81. The van der Waals surface area contributed by atoms with Crippen LogP contribution in [-0.2, 0) is 14.3 Å². The van der Waals surface area contributed by atoms with Gasteiger partial charge in [-0.2, -0.15) is 0 Å². The monoisotopic (exact) mass is 483 g/mol. The first-order valence-corrected chi connectivity index (χ1v) is 14.5. The Hall–Kier alpha value is -1.26. The molecule has 1 atom stereocenters. The van der Waals surface area contributed by atoms with Gasteiger partial charge in [0.25, 0.3) is 0 Å². The summed E-state index contributed by atoms with van der Waals surface area (Å²) in [4.78, 5) is 26.5. The molecule has 34 heavy (non-hydrogen) atoms. The van der Waals surface area contributed by atoms with Crippen molar-refractivity contribution < 1.29 is 19.1 Å². The van der Waals surface area contributed by atoms with Crippen LogP contribution in [0.3, 0.4) is 0 Å². The number of hydrogen-bond donors (Lipinski definition) is 0. The van der Waals surface area contributed by atoms with Crippen LogP contribution in [0.2, 0.25) is 0 Å². The van der Waals surface area contributed by atoms with Gasteiger partial charge in [0.15, 0.2) is 0 Å². The Labute approximate surface area is 211 Å². The second-order valence-corrected chi connectivity index (χ2v) is 10.3. The molecule has 0 radical (unpaired) electrons. The highest BCUT2D eigenvalue weighted by atomic mass is 16.6. The quantitative estimate of drug-likeness (QED) is 0.108. The lowest BCUT2D eigenvalue weighted by atomic mass is 10.0. The molecule has 0 rings (SSSR count). The molecule has 0 aromatic carbocycles. The number of nitrogens with zero attached hydrogens (tertiary/aromatic N) is 1. The molecule has 5 nitrogen and oxygen atoms in total. The fraction of sp³-hybridized carbons (Fsp3) is 0.931. The molecular weight excluding hydrogens is 426 g/mol. The number of unbranched alkanes of at least 4 members (excludes halogenated alkanes) is 15. The van der Waals surface area contributed by atoms with E-state index in [1.807, 2.05) is 0 Å². The normalized spacial score (nSPS) is 12.1. The minimum Gasteiger partial charge on any atom is -0.464 e. The van der Waals surface area contributed by atoms with E-state index in [1.165, 1.54) is 75.5 Å². The molecule has 0 aliphatic rings. The highest BCUT2D eigenvalue weighted by molar-refractivity contribution is 5.81. The fourth-order valence-corrected chi connectivity index (χ4v) is 4.17. The van der Waals surface area contributed by atoms with Gasteiger partial charge in [0.2, 0.25) is 0 Å². The van der Waals surface area contributed by atoms with Crippen LogP contribution in [0.15, 0.2) is 0 Å². The molecule has 0 aromatic rings. The van der Waals surface area contributed by atoms with Crippen LogP contribution >= 0.6 is 0 Å². The molecule has 0 fully saturated rings. The first-order valence-electron chi connectivity index (χ1n) is 14.5. The van der Waals surface area contributed by atoms with Gasteiger partial charge in [-0.25, -0.2) is 9.59 Å². The van der Waals surface area contributed by atoms with E-state index in [-0.39, 0.29) is 11.9 Å². The van der Waals surface area contributed by atoms with Gasteiger partial charge in [-0.05, 0) is 25.2 Å². The molecule has 5 heteroatoms. The fourth-order valence-electron chi connectivity index (χ4n) is 4.17. The van der Waals surface area contributed by atoms with Gasteiger partial charge in [-0.15, -0.1) is 0 Å². The van der Waals surface area contributed by atoms with E-state index in [4.69, 9.17) is 9.47 Å². The summed E-state index contributed by atoms with van der Waals surface area (Å²) in [5, 5.41) is 0. The van der Waals surface area contributed by atoms with Crippen LogP contribution in [0.25, 0.3) is 0 Å². The molecule has 202 valence electrons. The van der Waals surface area contributed by atoms with Crippen LogP contribution in [0, 0.1) is 5.92 Å². The molecule has 0 heterocycles. The van der Waals surface area contributed by atoms with Gasteiger partial charge in [-0.1, -0.05) is 124 Å². The molecule has 0 spiro atoms. The number of rotatable bonds is 23. The van der Waals surface area contributed by atoms with Crippen molar-refractivity contribution in [3.8, 4) is 0 Å². The maximum Gasteiger partial charge on any atom is 0.410 e. The standard InChI is InChI=1S/C29H57NO4/c1-6-8-10-12-13-14-15-16-17-18-19-20-22-23-33-28(31)27(25-26(3)4)30(5)29(32)34-24-21-11-9-7-2/h26-27H,6-25H2,1-5H3/t27-/m0/s1. The Morgan fingerprint density at radius 3 is 1.44 bits per heavy atom. The Bertz CT molecular complexity index is 481. The highest BCUT2D eigenvalue weighted by Crippen LogP contribution is 2.15. The zero-order valence-corrected chi connectivity index (χ0v) is 23.4. The lowest BCUT2D eigenvalue weighted by molar-refractivity contribution is -0.149. The third-order valence-corrected chi connectivity index (χ3v) is 6.44. The third-order valence-electron chi connectivity index (χ3n) is 6.44. The molecule has 0 saturated heterocycles. The van der Waals surface area contributed by atoms with Gasteiger partial charge in [0.05, 0.1) is 13.2 Å². The summed E-state index contributed by atoms with van der Waals surface area (Å²) < 4.78 is 10.9. The van der Waals surface area contributed by atoms with E-state index < -0.39 is 12.1 Å². The summed E-state index contributed by atoms with van der Waals surface area (Å²) in [6.45, 7) is 9.37. The predicted octanol–water partition coefficient (Wildman–Crippen LogP) is 8.68. The van der Waals surface area contributed by atoms with Crippen molar-refractivity contribution in [1.82, 2.24) is 4.90 Å². The number of ether oxygens (including phenoxy) is 2. The van der Waals surface area contributed by atoms with Gasteiger partial charge < -0.3 is 9.47 Å². The number of likely N-dealkylation sites (N-methyl/N-ethyl adjacent to an activating group) is 1. The van der Waals surface area contributed by atoms with E-state index in [9.17, 15) is 9.59 Å². The van der Waals surface area contributed by atoms with Crippen molar-refractivity contribution in [1.29, 1.82) is 0 Å². The van der Waals surface area contributed by atoms with Crippen molar-refractivity contribution in [3.63, 3.8) is 0 Å². The van der Waals surface area contributed by atoms with E-state index in [0.717, 1.165) is 38.5 Å². The minimum atomic E-state index is -0.579. The lowest BCUT2D eigenvalue weighted by Crippen LogP contribution is -2.44. The van der Waals surface area contributed by atoms with Gasteiger partial charge in [-0.3, -0.25) is 4.90 Å². The van der Waals surface area contributed by atoms with Crippen molar-refractivity contribution in [2.45, 2.75) is 149 Å². The Balaban J connectivity index is 3.96. The van der Waals surface area contributed by atoms with Crippen LogP contribution in [-0.4, -0.2) is 43.3 Å². The summed E-state index contributed by atoms with van der Waals surface area (Å²) in [7, 11) is 1.65. The van der Waals surface area contributed by atoms with Crippen LogP contribution in [0.5, 0.6) is 0 Å². The van der Waals surface area contributed by atoms with Crippen LogP contribution in [0.4, 0.5) is 4.79 Å². The van der Waals surface area contributed by atoms with Gasteiger partial charge >= 0.3 is 12.1 Å². The van der Waals surface area contributed by atoms with E-state index in [2.05, 4.69) is 27.7 Å². The zero-order chi connectivity index (χ0) is 25.4. The first-order chi connectivity index (χ1) is 16.4. The molecule has 0 unspecified atom stereocenters. The third kappa shape index (κ3) is 19.1. The number of amides is 1. The maximum atomic E-state index is 12.7. The molecule has 0 aromatic heterocycles. The van der Waals surface area contributed by atoms with E-state index in [0.29, 0.717) is 19.6 Å². The molecule has 1 amide bonds. The van der Waals surface area contributed by atoms with Gasteiger partial charge in [0, 0.05) is 7.05 Å². The van der Waals surface area contributed by atoms with Crippen molar-refractivity contribution in [2.24, 2.45) is 5.92 Å². The molecule has 0 saturated carbocycles. The summed E-state index contributed by atoms with van der Waals surface area (Å²) in [5.74, 6) is -0.0215. The predicted molar refractivity (Wildman–Crippen MR) is 143 cm³/mol. The highest BCUT2D eigenvalue weighted by Gasteiger charge is 2.29. The van der Waals surface area contributed by atoms with E-state index >= 15 is 0 Å². The number of carbonyl (C=O) groups is 2. The van der Waals surface area contributed by atoms with Gasteiger partial charge in [0.1, 0.15) is 6.04 Å². The van der Waals surface area contributed by atoms with Crippen LogP contribution < -0.4 is 0 Å². The molecule has 0 aliphatic carbocycles.